The third-order valence-corrected chi connectivity index (χ3v) is 7.65. The maximum atomic E-state index is 14.3. The van der Waals surface area contributed by atoms with Gasteiger partial charge in [-0.05, 0) is 79.2 Å². The summed E-state index contributed by atoms with van der Waals surface area (Å²) < 4.78 is 47.6. The Balaban J connectivity index is 2.01. The smallest absolute Gasteiger partial charge is 0.338 e. The van der Waals surface area contributed by atoms with Crippen molar-refractivity contribution in [2.24, 2.45) is 0 Å². The van der Waals surface area contributed by atoms with Crippen molar-refractivity contribution in [2.75, 3.05) is 7.11 Å². The number of fused-ring (bicyclic) bond motifs is 2. The second-order valence-corrected chi connectivity index (χ2v) is 9.63. The molecule has 5 rings (SSSR count). The first-order valence-corrected chi connectivity index (χ1v) is 13.6. The quantitative estimate of drug-likeness (QED) is 0.110. The first-order chi connectivity index (χ1) is 17.9. The van der Waals surface area contributed by atoms with E-state index in [9.17, 15) is 18.0 Å². The van der Waals surface area contributed by atoms with Crippen LogP contribution in [0.4, 0.5) is 13.2 Å². The Morgan fingerprint density at radius 3 is 1.81 bits per heavy atom. The lowest BCUT2D eigenvalue weighted by molar-refractivity contribution is 0.0600. The van der Waals surface area contributed by atoms with Crippen molar-refractivity contribution >= 4 is 59.4 Å². The molecule has 0 aliphatic carbocycles. The Kier molecular flexibility index (Phi) is 7.10. The van der Waals surface area contributed by atoms with Gasteiger partial charge >= 0.3 is 5.97 Å². The van der Waals surface area contributed by atoms with Crippen molar-refractivity contribution in [3.8, 4) is 22.3 Å². The van der Waals surface area contributed by atoms with Crippen LogP contribution in [0, 0.1) is 17.5 Å². The van der Waals surface area contributed by atoms with Crippen molar-refractivity contribution in [2.45, 2.75) is 10.7 Å². The Bertz CT molecular complexity index is 1680. The van der Waals surface area contributed by atoms with Crippen LogP contribution in [0.25, 0.3) is 43.8 Å². The fraction of sp³-hybridized carbons (Fsp3) is 0.100. The molecule has 0 fully saturated rings. The van der Waals surface area contributed by atoms with E-state index in [2.05, 4.69) is 31.9 Å². The standard InChI is InChI=1S/C30H19Br2F3O2/c1-37-30(36)22-11-17-7-3-5-9-20(17)28(24(22)15-32)27-19-8-4-2-6-16(19)10-21(23(27)14-31)18-12-25(33)29(35)26(34)13-18/h2-13H,14-15H2,1H3. The highest BCUT2D eigenvalue weighted by atomic mass is 79.9. The molecule has 186 valence electrons. The topological polar surface area (TPSA) is 26.3 Å². The van der Waals surface area contributed by atoms with Gasteiger partial charge in [0.05, 0.1) is 12.7 Å². The molecule has 0 aliphatic rings. The van der Waals surface area contributed by atoms with Gasteiger partial charge in [0, 0.05) is 10.7 Å². The molecule has 7 heteroatoms. The van der Waals surface area contributed by atoms with E-state index in [4.69, 9.17) is 4.74 Å². The molecule has 0 bridgehead atoms. The molecule has 0 aromatic heterocycles. The first-order valence-electron chi connectivity index (χ1n) is 11.3. The van der Waals surface area contributed by atoms with Gasteiger partial charge in [0.2, 0.25) is 0 Å². The number of carbonyl (C=O) groups excluding carboxylic acids is 1. The van der Waals surface area contributed by atoms with Crippen LogP contribution >= 0.6 is 31.9 Å². The Labute approximate surface area is 228 Å². The normalized spacial score (nSPS) is 11.3. The Morgan fingerprint density at radius 1 is 0.757 bits per heavy atom. The summed E-state index contributed by atoms with van der Waals surface area (Å²) in [5, 5.41) is 4.18. The number of alkyl halides is 2. The van der Waals surface area contributed by atoms with Crippen LogP contribution in [-0.4, -0.2) is 13.1 Å². The van der Waals surface area contributed by atoms with Gasteiger partial charge in [-0.15, -0.1) is 0 Å². The fourth-order valence-corrected chi connectivity index (χ4v) is 6.05. The van der Waals surface area contributed by atoms with Gasteiger partial charge in [0.1, 0.15) is 0 Å². The van der Waals surface area contributed by atoms with Crippen molar-refractivity contribution in [1.29, 1.82) is 0 Å². The zero-order chi connectivity index (χ0) is 26.3. The van der Waals surface area contributed by atoms with E-state index in [0.29, 0.717) is 21.8 Å². The van der Waals surface area contributed by atoms with E-state index < -0.39 is 23.4 Å². The van der Waals surface area contributed by atoms with Gasteiger partial charge in [0.15, 0.2) is 17.5 Å². The van der Waals surface area contributed by atoms with Gasteiger partial charge in [-0.1, -0.05) is 80.4 Å². The van der Waals surface area contributed by atoms with Gasteiger partial charge in [-0.3, -0.25) is 0 Å². The predicted octanol–water partition coefficient (Wildman–Crippen LogP) is 9.32. The number of hydrogen-bond acceptors (Lipinski definition) is 2. The Hall–Kier alpha value is -3.16. The highest BCUT2D eigenvalue weighted by Crippen LogP contribution is 2.45. The molecule has 0 amide bonds. The van der Waals surface area contributed by atoms with Crippen LogP contribution in [0.15, 0.2) is 72.8 Å². The molecule has 0 N–H and O–H groups in total. The fourth-order valence-electron chi connectivity index (χ4n) is 4.89. The van der Waals surface area contributed by atoms with Crippen LogP contribution in [-0.2, 0) is 15.4 Å². The molecule has 0 spiro atoms. The second kappa shape index (κ2) is 10.3. The summed E-state index contributed by atoms with van der Waals surface area (Å²) in [6, 6.07) is 21.1. The van der Waals surface area contributed by atoms with Crippen molar-refractivity contribution in [3.63, 3.8) is 0 Å². The van der Waals surface area contributed by atoms with Gasteiger partial charge in [-0.25, -0.2) is 18.0 Å². The molecular weight excluding hydrogens is 609 g/mol. The minimum atomic E-state index is -1.51. The van der Waals surface area contributed by atoms with Crippen molar-refractivity contribution in [1.82, 2.24) is 0 Å². The molecule has 0 saturated heterocycles. The Morgan fingerprint density at radius 2 is 1.27 bits per heavy atom. The summed E-state index contributed by atoms with van der Waals surface area (Å²) >= 11 is 7.18. The molecular formula is C30H19Br2F3O2. The van der Waals surface area contributed by atoms with Crippen LogP contribution in [0.1, 0.15) is 21.5 Å². The first kappa shape index (κ1) is 25.5. The lowest BCUT2D eigenvalue weighted by atomic mass is 9.83. The molecule has 0 atom stereocenters. The zero-order valence-electron chi connectivity index (χ0n) is 19.5. The molecule has 5 aromatic carbocycles. The van der Waals surface area contributed by atoms with Gasteiger partial charge in [0.25, 0.3) is 0 Å². The number of hydrogen-bond donors (Lipinski definition) is 0. The maximum absolute atomic E-state index is 14.3. The summed E-state index contributed by atoms with van der Waals surface area (Å²) in [7, 11) is 1.34. The summed E-state index contributed by atoms with van der Waals surface area (Å²) in [6.45, 7) is 0. The molecule has 5 aromatic rings. The average molecular weight is 628 g/mol. The summed E-state index contributed by atoms with van der Waals surface area (Å²) in [5.41, 5.74) is 4.28. The largest absolute Gasteiger partial charge is 0.465 e. The number of esters is 1. The van der Waals surface area contributed by atoms with Crippen molar-refractivity contribution < 1.29 is 22.7 Å². The highest BCUT2D eigenvalue weighted by molar-refractivity contribution is 9.08. The lowest BCUT2D eigenvalue weighted by Crippen LogP contribution is -2.08. The highest BCUT2D eigenvalue weighted by Gasteiger charge is 2.25. The second-order valence-electron chi connectivity index (χ2n) is 8.51. The van der Waals surface area contributed by atoms with E-state index >= 15 is 0 Å². The van der Waals surface area contributed by atoms with E-state index in [-0.39, 0.29) is 5.56 Å². The summed E-state index contributed by atoms with van der Waals surface area (Å²) in [6.07, 6.45) is 0. The SMILES string of the molecule is COC(=O)c1cc2ccccc2c(-c2c(CBr)c(-c3cc(F)c(F)c(F)c3)cc3ccccc23)c1CBr. The lowest BCUT2D eigenvalue weighted by Gasteiger charge is -2.22. The summed E-state index contributed by atoms with van der Waals surface area (Å²) in [5.74, 6) is -4.50. The van der Waals surface area contributed by atoms with Gasteiger partial charge in [-0.2, -0.15) is 0 Å². The molecule has 0 aliphatic heterocycles. The van der Waals surface area contributed by atoms with Crippen LogP contribution in [0.2, 0.25) is 0 Å². The third-order valence-electron chi connectivity index (χ3n) is 6.53. The van der Waals surface area contributed by atoms with Gasteiger partial charge < -0.3 is 4.74 Å². The van der Waals surface area contributed by atoms with E-state index in [1.807, 2.05) is 60.7 Å². The van der Waals surface area contributed by atoms with E-state index in [1.165, 1.54) is 7.11 Å². The number of rotatable bonds is 5. The maximum Gasteiger partial charge on any atom is 0.338 e. The van der Waals surface area contributed by atoms with Crippen LogP contribution < -0.4 is 0 Å². The average Bonchev–Trinajstić information content (AvgIpc) is 2.93. The third kappa shape index (κ3) is 4.34. The number of carbonyl (C=O) groups is 1. The zero-order valence-corrected chi connectivity index (χ0v) is 22.7. The number of methoxy groups -OCH3 is 1. The number of ether oxygens (including phenoxy) is 1. The minimum absolute atomic E-state index is 0.215. The monoisotopic (exact) mass is 626 g/mol. The van der Waals surface area contributed by atoms with Crippen LogP contribution in [0.3, 0.4) is 0 Å². The molecule has 0 heterocycles. The molecule has 2 nitrogen and oxygen atoms in total. The minimum Gasteiger partial charge on any atom is -0.465 e. The molecule has 37 heavy (non-hydrogen) atoms. The van der Waals surface area contributed by atoms with Crippen molar-refractivity contribution in [3.05, 3.63) is 107 Å². The molecule has 0 saturated carbocycles. The van der Waals surface area contributed by atoms with E-state index in [1.54, 1.807) is 0 Å². The number of halogens is 5. The number of benzene rings is 5. The molecule has 0 unspecified atom stereocenters. The summed E-state index contributed by atoms with van der Waals surface area (Å²) in [4.78, 5) is 12.9. The van der Waals surface area contributed by atoms with E-state index in [0.717, 1.165) is 55.9 Å². The van der Waals surface area contributed by atoms with Crippen LogP contribution in [0.5, 0.6) is 0 Å². The predicted molar refractivity (Wildman–Crippen MR) is 149 cm³/mol. The molecule has 0 radical (unpaired) electrons.